The summed E-state index contributed by atoms with van der Waals surface area (Å²) < 4.78 is 9.83. The summed E-state index contributed by atoms with van der Waals surface area (Å²) in [5.74, 6) is -0.995. The number of hydrogen-bond donors (Lipinski definition) is 0. The van der Waals surface area contributed by atoms with E-state index in [0.29, 0.717) is 12.8 Å². The molecule has 5 heteroatoms. The van der Waals surface area contributed by atoms with Gasteiger partial charge in [0, 0.05) is 0 Å². The third-order valence-corrected chi connectivity index (χ3v) is 8.26. The van der Waals surface area contributed by atoms with Crippen LogP contribution in [0.15, 0.2) is 41.5 Å². The Labute approximate surface area is 144 Å². The summed E-state index contributed by atoms with van der Waals surface area (Å²) in [5, 5.41) is 1.37. The van der Waals surface area contributed by atoms with Crippen LogP contribution in [0.1, 0.15) is 19.8 Å². The highest BCUT2D eigenvalue weighted by molar-refractivity contribution is 6.90. The van der Waals surface area contributed by atoms with E-state index >= 15 is 0 Å². The average molecular weight is 346 g/mol. The number of carbonyl (C=O) groups is 2. The minimum atomic E-state index is -1.70. The van der Waals surface area contributed by atoms with Gasteiger partial charge in [0.25, 0.3) is 0 Å². The molecule has 0 heterocycles. The van der Waals surface area contributed by atoms with E-state index in [2.05, 4.69) is 37.4 Å². The fraction of sp³-hybridized carbons (Fsp3) is 0.474. The Bertz CT molecular complexity index is 645. The quantitative estimate of drug-likeness (QED) is 0.356. The fourth-order valence-corrected chi connectivity index (χ4v) is 6.45. The maximum absolute atomic E-state index is 12.3. The first kappa shape index (κ1) is 18.5. The van der Waals surface area contributed by atoms with Crippen molar-refractivity contribution in [2.75, 3.05) is 14.2 Å². The van der Waals surface area contributed by atoms with Gasteiger partial charge >= 0.3 is 11.9 Å². The van der Waals surface area contributed by atoms with E-state index in [0.717, 1.165) is 11.6 Å². The Balaban J connectivity index is 2.28. The molecule has 130 valence electrons. The van der Waals surface area contributed by atoms with Gasteiger partial charge in [-0.05, 0) is 25.8 Å². The standard InChI is InChI=1S/C19H26O4Si/c1-14-11-19(17(20)22-2,18(21)23-3)12-15(14)13-24(4,5)16-9-7-6-8-10-16/h6-10H,11-13H2,1-5H3. The monoisotopic (exact) mass is 346 g/mol. The van der Waals surface area contributed by atoms with Crippen molar-refractivity contribution in [3.05, 3.63) is 41.5 Å². The summed E-state index contributed by atoms with van der Waals surface area (Å²) in [6.45, 7) is 6.65. The highest BCUT2D eigenvalue weighted by Crippen LogP contribution is 2.46. The van der Waals surface area contributed by atoms with Gasteiger partial charge in [-0.2, -0.15) is 0 Å². The lowest BCUT2D eigenvalue weighted by molar-refractivity contribution is -0.168. The number of rotatable bonds is 5. The largest absolute Gasteiger partial charge is 0.468 e. The highest BCUT2D eigenvalue weighted by atomic mass is 28.3. The summed E-state index contributed by atoms with van der Waals surface area (Å²) in [6.07, 6.45) is 0.794. The molecule has 0 N–H and O–H groups in total. The van der Waals surface area contributed by atoms with Crippen LogP contribution in [0.5, 0.6) is 0 Å². The average Bonchev–Trinajstić information content (AvgIpc) is 2.91. The van der Waals surface area contributed by atoms with Gasteiger partial charge < -0.3 is 9.47 Å². The van der Waals surface area contributed by atoms with Gasteiger partial charge in [-0.15, -0.1) is 0 Å². The molecule has 0 saturated heterocycles. The van der Waals surface area contributed by atoms with Crippen LogP contribution in [-0.2, 0) is 19.1 Å². The van der Waals surface area contributed by atoms with Crippen molar-refractivity contribution in [1.29, 1.82) is 0 Å². The first-order chi connectivity index (χ1) is 11.3. The number of methoxy groups -OCH3 is 2. The molecule has 4 nitrogen and oxygen atoms in total. The molecule has 0 aliphatic heterocycles. The Morgan fingerprint density at radius 3 is 2.08 bits per heavy atom. The van der Waals surface area contributed by atoms with Crippen molar-refractivity contribution >= 4 is 25.2 Å². The van der Waals surface area contributed by atoms with E-state index < -0.39 is 25.4 Å². The molecule has 1 aliphatic carbocycles. The Morgan fingerprint density at radius 2 is 1.58 bits per heavy atom. The minimum absolute atomic E-state index is 0.390. The summed E-state index contributed by atoms with van der Waals surface area (Å²) in [5.41, 5.74) is 1.11. The van der Waals surface area contributed by atoms with Crippen LogP contribution in [-0.4, -0.2) is 34.2 Å². The Morgan fingerprint density at radius 1 is 1.04 bits per heavy atom. The van der Waals surface area contributed by atoms with E-state index in [1.807, 2.05) is 13.0 Å². The van der Waals surface area contributed by atoms with Gasteiger partial charge in [0.1, 0.15) is 0 Å². The van der Waals surface area contributed by atoms with Gasteiger partial charge in [0.2, 0.25) is 0 Å². The summed E-state index contributed by atoms with van der Waals surface area (Å²) in [4.78, 5) is 24.6. The van der Waals surface area contributed by atoms with Crippen LogP contribution in [0.3, 0.4) is 0 Å². The smallest absolute Gasteiger partial charge is 0.323 e. The predicted octanol–water partition coefficient (Wildman–Crippen LogP) is 3.04. The predicted molar refractivity (Wildman–Crippen MR) is 96.8 cm³/mol. The van der Waals surface area contributed by atoms with Crippen LogP contribution in [0.4, 0.5) is 0 Å². The van der Waals surface area contributed by atoms with E-state index in [9.17, 15) is 9.59 Å². The van der Waals surface area contributed by atoms with Crippen molar-refractivity contribution in [2.24, 2.45) is 5.41 Å². The SMILES string of the molecule is COC(=O)C1(C(=O)OC)CC(C)=C(C[Si](C)(C)c2ccccc2)C1. The number of allylic oxidation sites excluding steroid dienone is 2. The summed E-state index contributed by atoms with van der Waals surface area (Å²) in [6, 6.07) is 11.4. The second-order valence-corrected chi connectivity index (χ2v) is 11.9. The van der Waals surface area contributed by atoms with Crippen LogP contribution < -0.4 is 5.19 Å². The minimum Gasteiger partial charge on any atom is -0.468 e. The molecule has 0 spiro atoms. The van der Waals surface area contributed by atoms with Crippen molar-refractivity contribution in [3.63, 3.8) is 0 Å². The van der Waals surface area contributed by atoms with Crippen LogP contribution >= 0.6 is 0 Å². The number of hydrogen-bond acceptors (Lipinski definition) is 4. The third-order valence-electron chi connectivity index (χ3n) is 5.05. The summed E-state index contributed by atoms with van der Waals surface area (Å²) >= 11 is 0. The second-order valence-electron chi connectivity index (χ2n) is 7.23. The van der Waals surface area contributed by atoms with Gasteiger partial charge in [0.05, 0.1) is 22.3 Å². The van der Waals surface area contributed by atoms with Gasteiger partial charge in [-0.3, -0.25) is 9.59 Å². The molecule has 0 aromatic heterocycles. The molecule has 0 amide bonds. The maximum Gasteiger partial charge on any atom is 0.323 e. The number of carbonyl (C=O) groups excluding carboxylic acids is 2. The number of esters is 2. The van der Waals surface area contributed by atoms with Crippen molar-refractivity contribution < 1.29 is 19.1 Å². The van der Waals surface area contributed by atoms with E-state index in [1.54, 1.807) is 0 Å². The Kier molecular flexibility index (Phi) is 5.33. The molecule has 0 unspecified atom stereocenters. The van der Waals surface area contributed by atoms with Gasteiger partial charge in [-0.1, -0.05) is 59.8 Å². The lowest BCUT2D eigenvalue weighted by Gasteiger charge is -2.26. The Hall–Kier alpha value is -1.88. The van der Waals surface area contributed by atoms with Crippen LogP contribution in [0, 0.1) is 5.41 Å². The lowest BCUT2D eigenvalue weighted by atomic mass is 9.84. The van der Waals surface area contributed by atoms with Crippen LogP contribution in [0.2, 0.25) is 19.1 Å². The molecule has 0 radical (unpaired) electrons. The van der Waals surface area contributed by atoms with E-state index in [4.69, 9.17) is 9.47 Å². The number of ether oxygens (including phenoxy) is 2. The van der Waals surface area contributed by atoms with Crippen molar-refractivity contribution in [3.8, 4) is 0 Å². The normalized spacial score (nSPS) is 16.9. The zero-order valence-electron chi connectivity index (χ0n) is 15.1. The molecular weight excluding hydrogens is 320 g/mol. The molecule has 24 heavy (non-hydrogen) atoms. The molecular formula is C19H26O4Si. The maximum atomic E-state index is 12.3. The zero-order valence-corrected chi connectivity index (χ0v) is 16.1. The molecule has 1 aliphatic rings. The molecule has 0 atom stereocenters. The second kappa shape index (κ2) is 6.93. The summed E-state index contributed by atoms with van der Waals surface area (Å²) in [7, 11) is 0.944. The van der Waals surface area contributed by atoms with Crippen molar-refractivity contribution in [1.82, 2.24) is 0 Å². The fourth-order valence-electron chi connectivity index (χ4n) is 3.66. The first-order valence-electron chi connectivity index (χ1n) is 8.16. The first-order valence-corrected chi connectivity index (χ1v) is 11.4. The topological polar surface area (TPSA) is 52.6 Å². The van der Waals surface area contributed by atoms with Gasteiger partial charge in [0.15, 0.2) is 5.41 Å². The van der Waals surface area contributed by atoms with Crippen LogP contribution in [0.25, 0.3) is 0 Å². The third kappa shape index (κ3) is 3.31. The highest BCUT2D eigenvalue weighted by Gasteiger charge is 2.53. The van der Waals surface area contributed by atoms with E-state index in [1.165, 1.54) is 25.0 Å². The molecule has 1 aromatic rings. The molecule has 0 bridgehead atoms. The molecule has 1 aromatic carbocycles. The van der Waals surface area contributed by atoms with Crippen molar-refractivity contribution in [2.45, 2.75) is 38.9 Å². The molecule has 0 fully saturated rings. The molecule has 2 rings (SSSR count). The molecule has 0 saturated carbocycles. The zero-order chi connectivity index (χ0) is 18.0. The van der Waals surface area contributed by atoms with E-state index in [-0.39, 0.29) is 0 Å². The number of benzene rings is 1. The lowest BCUT2D eigenvalue weighted by Crippen LogP contribution is -2.42. The van der Waals surface area contributed by atoms with Gasteiger partial charge in [-0.25, -0.2) is 0 Å².